The van der Waals surface area contributed by atoms with E-state index in [1.807, 2.05) is 0 Å². The van der Waals surface area contributed by atoms with Crippen molar-refractivity contribution in [2.75, 3.05) is 0 Å². The molecule has 2 heteroatoms. The van der Waals surface area contributed by atoms with Crippen LogP contribution in [0.2, 0.25) is 0 Å². The van der Waals surface area contributed by atoms with E-state index in [1.165, 1.54) is 98.0 Å². The summed E-state index contributed by atoms with van der Waals surface area (Å²) in [6, 6.07) is 17.6. The van der Waals surface area contributed by atoms with Crippen LogP contribution < -0.4 is 22.0 Å². The van der Waals surface area contributed by atoms with Gasteiger partial charge in [-0.3, -0.25) is 0 Å². The third-order valence-electron chi connectivity index (χ3n) is 5.53. The van der Waals surface area contributed by atoms with Crippen LogP contribution in [0.5, 0.6) is 0 Å². The van der Waals surface area contributed by atoms with Gasteiger partial charge in [0.15, 0.2) is 0 Å². The third kappa shape index (κ3) is 6.60. The summed E-state index contributed by atoms with van der Waals surface area (Å²) in [6.07, 6.45) is 15.2. The molecule has 2 aromatic carbocycles. The molecule has 146 valence electrons. The number of pyridine rings is 1. The Balaban J connectivity index is 0.00000261. The van der Waals surface area contributed by atoms with Gasteiger partial charge in [0.25, 0.3) is 0 Å². The summed E-state index contributed by atoms with van der Waals surface area (Å²) in [5, 5.41) is 2.69. The van der Waals surface area contributed by atoms with E-state index >= 15 is 0 Å². The number of para-hydroxylation sites is 1. The highest BCUT2D eigenvalue weighted by Gasteiger charge is 2.09. The van der Waals surface area contributed by atoms with E-state index in [0.717, 1.165) is 0 Å². The Kier molecular flexibility index (Phi) is 9.83. The van der Waals surface area contributed by atoms with Crippen molar-refractivity contribution < 1.29 is 22.0 Å². The van der Waals surface area contributed by atoms with Gasteiger partial charge in [0.1, 0.15) is 0 Å². The maximum Gasteiger partial charge on any atom is 0.211 e. The second kappa shape index (κ2) is 12.1. The van der Waals surface area contributed by atoms with E-state index in [2.05, 4.69) is 60.4 Å². The van der Waals surface area contributed by atoms with E-state index in [-0.39, 0.29) is 17.0 Å². The standard InChI is InChI=1S/C25H33N.BrH/c1-2-3-4-5-6-7-8-9-10-11-15-21-17-14-19-25-23(21)20-22-16-12-13-18-24(22)26-25;/h12-14,16-20H,2-11,15H2,1H3;1H. The van der Waals surface area contributed by atoms with Gasteiger partial charge in [-0.15, -0.1) is 0 Å². The fourth-order valence-electron chi connectivity index (χ4n) is 3.95. The van der Waals surface area contributed by atoms with Crippen LogP contribution in [0.1, 0.15) is 76.7 Å². The molecule has 0 saturated carbocycles. The van der Waals surface area contributed by atoms with Crippen molar-refractivity contribution in [3.05, 3.63) is 54.1 Å². The van der Waals surface area contributed by atoms with Gasteiger partial charge in [-0.1, -0.05) is 89.0 Å². The molecule has 1 nitrogen and oxygen atoms in total. The lowest BCUT2D eigenvalue weighted by Gasteiger charge is -2.05. The van der Waals surface area contributed by atoms with E-state index in [0.29, 0.717) is 0 Å². The summed E-state index contributed by atoms with van der Waals surface area (Å²) < 4.78 is 0. The zero-order valence-corrected chi connectivity index (χ0v) is 18.4. The first-order chi connectivity index (χ1) is 12.9. The van der Waals surface area contributed by atoms with E-state index < -0.39 is 0 Å². The van der Waals surface area contributed by atoms with Gasteiger partial charge in [-0.05, 0) is 30.5 Å². The number of aryl methyl sites for hydroxylation is 1. The van der Waals surface area contributed by atoms with Crippen LogP contribution in [0.3, 0.4) is 0 Å². The third-order valence-corrected chi connectivity index (χ3v) is 5.53. The zero-order chi connectivity index (χ0) is 18.0. The minimum absolute atomic E-state index is 0. The molecule has 0 aliphatic rings. The molecule has 0 atom stereocenters. The number of unbranched alkanes of at least 4 members (excludes halogenated alkanes) is 9. The van der Waals surface area contributed by atoms with Crippen LogP contribution in [0, 0.1) is 0 Å². The minimum Gasteiger partial charge on any atom is -1.00 e. The second-order valence-corrected chi connectivity index (χ2v) is 7.67. The predicted octanol–water partition coefficient (Wildman–Crippen LogP) is 4.27. The lowest BCUT2D eigenvalue weighted by molar-refractivity contribution is -0.310. The molecule has 1 aromatic heterocycles. The highest BCUT2D eigenvalue weighted by molar-refractivity contribution is 5.90. The second-order valence-electron chi connectivity index (χ2n) is 7.67. The van der Waals surface area contributed by atoms with Crippen molar-refractivity contribution in [3.8, 4) is 0 Å². The Bertz CT molecular complexity index is 812. The zero-order valence-electron chi connectivity index (χ0n) is 16.8. The molecule has 0 bridgehead atoms. The van der Waals surface area contributed by atoms with E-state index in [4.69, 9.17) is 0 Å². The van der Waals surface area contributed by atoms with Crippen molar-refractivity contribution in [2.24, 2.45) is 0 Å². The lowest BCUT2D eigenvalue weighted by Crippen LogP contribution is -3.00. The smallest absolute Gasteiger partial charge is 0.211 e. The highest BCUT2D eigenvalue weighted by Crippen LogP contribution is 2.22. The van der Waals surface area contributed by atoms with Crippen LogP contribution in [0.4, 0.5) is 0 Å². The Morgan fingerprint density at radius 3 is 2.04 bits per heavy atom. The molecule has 3 aromatic rings. The average Bonchev–Trinajstić information content (AvgIpc) is 2.68. The van der Waals surface area contributed by atoms with Crippen molar-refractivity contribution in [1.82, 2.24) is 0 Å². The van der Waals surface area contributed by atoms with Crippen LogP contribution in [0.15, 0.2) is 48.5 Å². The molecule has 27 heavy (non-hydrogen) atoms. The lowest BCUT2D eigenvalue weighted by atomic mass is 9.99. The summed E-state index contributed by atoms with van der Waals surface area (Å²) in [7, 11) is 0. The minimum atomic E-state index is 0. The maximum atomic E-state index is 3.59. The number of fused-ring (bicyclic) bond motifs is 2. The topological polar surface area (TPSA) is 14.1 Å². The van der Waals surface area contributed by atoms with E-state index in [1.54, 1.807) is 0 Å². The van der Waals surface area contributed by atoms with Gasteiger partial charge in [-0.2, -0.15) is 0 Å². The van der Waals surface area contributed by atoms with Crippen LogP contribution >= 0.6 is 0 Å². The number of aromatic amines is 1. The highest BCUT2D eigenvalue weighted by atomic mass is 79.9. The van der Waals surface area contributed by atoms with Gasteiger partial charge in [0.05, 0.1) is 5.39 Å². The molecule has 0 unspecified atom stereocenters. The number of halogens is 1. The monoisotopic (exact) mass is 427 g/mol. The van der Waals surface area contributed by atoms with Crippen molar-refractivity contribution in [2.45, 2.75) is 77.6 Å². The summed E-state index contributed by atoms with van der Waals surface area (Å²) in [4.78, 5) is 3.59. The van der Waals surface area contributed by atoms with Crippen LogP contribution in [-0.2, 0) is 6.42 Å². The molecule has 0 amide bonds. The van der Waals surface area contributed by atoms with Crippen LogP contribution in [-0.4, -0.2) is 0 Å². The first kappa shape index (κ1) is 21.9. The van der Waals surface area contributed by atoms with Gasteiger partial charge in [0, 0.05) is 17.5 Å². The number of hydrogen-bond donors (Lipinski definition) is 0. The van der Waals surface area contributed by atoms with Crippen LogP contribution in [0.25, 0.3) is 21.8 Å². The SMILES string of the molecule is CCCCCCCCCCCCc1cccc2[nH+]c3ccccc3cc12.[Br-]. The fourth-order valence-corrected chi connectivity index (χ4v) is 3.95. The number of hydrogen-bond acceptors (Lipinski definition) is 0. The number of aromatic nitrogens is 1. The summed E-state index contributed by atoms with van der Waals surface area (Å²) in [5.74, 6) is 0. The molecular formula is C25H34BrN. The van der Waals surface area contributed by atoms with Gasteiger partial charge in [0.2, 0.25) is 11.0 Å². The Labute approximate surface area is 175 Å². The van der Waals surface area contributed by atoms with Gasteiger partial charge >= 0.3 is 0 Å². The molecule has 0 fully saturated rings. The predicted molar refractivity (Wildman–Crippen MR) is 114 cm³/mol. The largest absolute Gasteiger partial charge is 1.00 e. The quantitative estimate of drug-likeness (QED) is 0.320. The van der Waals surface area contributed by atoms with E-state index in [9.17, 15) is 0 Å². The molecule has 0 saturated heterocycles. The molecular weight excluding hydrogens is 394 g/mol. The van der Waals surface area contributed by atoms with Crippen molar-refractivity contribution in [3.63, 3.8) is 0 Å². The molecule has 1 heterocycles. The first-order valence-corrected chi connectivity index (χ1v) is 10.7. The van der Waals surface area contributed by atoms with Crippen molar-refractivity contribution >= 4 is 21.8 Å². The average molecular weight is 428 g/mol. The summed E-state index contributed by atoms with van der Waals surface area (Å²) >= 11 is 0. The molecule has 0 aliphatic carbocycles. The Morgan fingerprint density at radius 2 is 1.30 bits per heavy atom. The van der Waals surface area contributed by atoms with Gasteiger partial charge < -0.3 is 17.0 Å². The molecule has 0 spiro atoms. The number of nitrogens with one attached hydrogen (secondary N) is 1. The first-order valence-electron chi connectivity index (χ1n) is 10.7. The molecule has 0 aliphatic heterocycles. The normalized spacial score (nSPS) is 11.0. The summed E-state index contributed by atoms with van der Waals surface area (Å²) in [5.41, 5.74) is 3.97. The summed E-state index contributed by atoms with van der Waals surface area (Å²) in [6.45, 7) is 2.29. The number of H-pyrrole nitrogens is 1. The fraction of sp³-hybridized carbons (Fsp3) is 0.480. The maximum absolute atomic E-state index is 3.59. The number of benzene rings is 2. The van der Waals surface area contributed by atoms with Gasteiger partial charge in [-0.25, -0.2) is 4.98 Å². The molecule has 0 radical (unpaired) electrons. The Morgan fingerprint density at radius 1 is 0.667 bits per heavy atom. The molecule has 1 N–H and O–H groups in total. The van der Waals surface area contributed by atoms with Crippen molar-refractivity contribution in [1.29, 1.82) is 0 Å². The Hall–Kier alpha value is -1.41. The number of rotatable bonds is 11. The molecule has 3 rings (SSSR count).